The van der Waals surface area contributed by atoms with Crippen molar-refractivity contribution in [1.82, 2.24) is 10.2 Å². The van der Waals surface area contributed by atoms with Gasteiger partial charge in [-0.2, -0.15) is 0 Å². The van der Waals surface area contributed by atoms with E-state index in [4.69, 9.17) is 4.42 Å². The highest BCUT2D eigenvalue weighted by Gasteiger charge is 2.34. The Hall–Kier alpha value is -2.86. The van der Waals surface area contributed by atoms with Gasteiger partial charge in [0.25, 0.3) is 5.91 Å². The molecule has 0 radical (unpaired) electrons. The summed E-state index contributed by atoms with van der Waals surface area (Å²) in [5.41, 5.74) is 2.35. The molecular formula is C26H30N2O3S. The van der Waals surface area contributed by atoms with Gasteiger partial charge in [-0.1, -0.05) is 49.6 Å². The molecule has 1 unspecified atom stereocenters. The van der Waals surface area contributed by atoms with Gasteiger partial charge in [0.1, 0.15) is 6.04 Å². The van der Waals surface area contributed by atoms with Crippen LogP contribution in [0.4, 0.5) is 0 Å². The molecule has 1 aromatic carbocycles. The summed E-state index contributed by atoms with van der Waals surface area (Å²) in [4.78, 5) is 29.6. The van der Waals surface area contributed by atoms with Crippen molar-refractivity contribution in [3.05, 3.63) is 81.9 Å². The lowest BCUT2D eigenvalue weighted by Crippen LogP contribution is -2.47. The lowest BCUT2D eigenvalue weighted by Gasteiger charge is -2.32. The van der Waals surface area contributed by atoms with Crippen LogP contribution in [0.5, 0.6) is 0 Å². The van der Waals surface area contributed by atoms with Crippen molar-refractivity contribution in [1.29, 1.82) is 0 Å². The molecule has 1 aliphatic carbocycles. The zero-order valence-electron chi connectivity index (χ0n) is 18.5. The summed E-state index contributed by atoms with van der Waals surface area (Å²) in [6.45, 7) is 2.49. The number of carbonyl (C=O) groups is 2. The van der Waals surface area contributed by atoms with Gasteiger partial charge in [-0.3, -0.25) is 9.59 Å². The average molecular weight is 451 g/mol. The summed E-state index contributed by atoms with van der Waals surface area (Å²) in [5, 5.41) is 5.19. The first-order valence-electron chi connectivity index (χ1n) is 11.4. The second-order valence-electron chi connectivity index (χ2n) is 8.41. The van der Waals surface area contributed by atoms with Gasteiger partial charge >= 0.3 is 0 Å². The number of rotatable bonds is 8. The molecule has 4 rings (SSSR count). The Kier molecular flexibility index (Phi) is 7.43. The molecular weight excluding hydrogens is 420 g/mol. The van der Waals surface area contributed by atoms with Gasteiger partial charge in [0.15, 0.2) is 5.76 Å². The Morgan fingerprint density at radius 1 is 1.09 bits per heavy atom. The third-order valence-corrected chi connectivity index (χ3v) is 7.13. The first-order chi connectivity index (χ1) is 15.6. The molecule has 2 heterocycles. The molecule has 0 saturated heterocycles. The van der Waals surface area contributed by atoms with E-state index in [1.54, 1.807) is 17.0 Å². The fraction of sp³-hybridized carbons (Fsp3) is 0.385. The van der Waals surface area contributed by atoms with Crippen molar-refractivity contribution in [3.63, 3.8) is 0 Å². The molecule has 2 aromatic heterocycles. The van der Waals surface area contributed by atoms with E-state index in [0.717, 1.165) is 30.6 Å². The second-order valence-corrected chi connectivity index (χ2v) is 9.39. The van der Waals surface area contributed by atoms with E-state index < -0.39 is 6.04 Å². The first-order valence-corrected chi connectivity index (χ1v) is 12.2. The van der Waals surface area contributed by atoms with Gasteiger partial charge in [0.05, 0.1) is 6.26 Å². The molecule has 32 heavy (non-hydrogen) atoms. The molecule has 1 aliphatic rings. The fourth-order valence-corrected chi connectivity index (χ4v) is 5.25. The van der Waals surface area contributed by atoms with Crippen molar-refractivity contribution in [2.24, 2.45) is 0 Å². The van der Waals surface area contributed by atoms with Crippen molar-refractivity contribution in [2.45, 2.75) is 57.5 Å². The number of hydrogen-bond acceptors (Lipinski definition) is 4. The van der Waals surface area contributed by atoms with Crippen LogP contribution in [0.1, 0.15) is 64.7 Å². The fourth-order valence-electron chi connectivity index (χ4n) is 4.42. The molecule has 0 aliphatic heterocycles. The standard InChI is InChI=1S/C26H30N2O3S/c1-19-9-5-6-10-20(19)15-16-28(26(30)22-13-7-17-31-22)24(23-14-8-18-32-23)25(29)27-21-11-3-2-4-12-21/h5-10,13-14,17-18,21,24H,2-4,11-12,15-16H2,1H3,(H,27,29). The van der Waals surface area contributed by atoms with E-state index in [-0.39, 0.29) is 23.6 Å². The number of amides is 2. The molecule has 5 nitrogen and oxygen atoms in total. The minimum absolute atomic E-state index is 0.107. The normalized spacial score (nSPS) is 15.3. The summed E-state index contributed by atoms with van der Waals surface area (Å²) >= 11 is 1.50. The Bertz CT molecular complexity index is 1010. The Morgan fingerprint density at radius 3 is 2.59 bits per heavy atom. The van der Waals surface area contributed by atoms with Crippen LogP contribution < -0.4 is 5.32 Å². The summed E-state index contributed by atoms with van der Waals surface area (Å²) in [6.07, 6.45) is 7.65. The highest BCUT2D eigenvalue weighted by Crippen LogP contribution is 2.29. The summed E-state index contributed by atoms with van der Waals surface area (Å²) in [5.74, 6) is -0.119. The van der Waals surface area contributed by atoms with Crippen molar-refractivity contribution in [3.8, 4) is 0 Å². The van der Waals surface area contributed by atoms with Gasteiger partial charge in [-0.25, -0.2) is 0 Å². The third-order valence-electron chi connectivity index (χ3n) is 6.20. The van der Waals surface area contributed by atoms with Crippen LogP contribution in [0.2, 0.25) is 0 Å². The number of benzene rings is 1. The van der Waals surface area contributed by atoms with Gasteiger partial charge in [-0.15, -0.1) is 11.3 Å². The number of aryl methyl sites for hydroxylation is 1. The monoisotopic (exact) mass is 450 g/mol. The molecule has 6 heteroatoms. The van der Waals surface area contributed by atoms with Gasteiger partial charge in [0, 0.05) is 17.5 Å². The topological polar surface area (TPSA) is 62.6 Å². The van der Waals surface area contributed by atoms with E-state index in [1.165, 1.54) is 35.1 Å². The Balaban J connectivity index is 1.63. The molecule has 168 valence electrons. The maximum absolute atomic E-state index is 13.6. The van der Waals surface area contributed by atoms with E-state index in [2.05, 4.69) is 24.4 Å². The minimum atomic E-state index is -0.682. The van der Waals surface area contributed by atoms with Crippen LogP contribution in [-0.4, -0.2) is 29.3 Å². The van der Waals surface area contributed by atoms with Crippen LogP contribution in [0.25, 0.3) is 0 Å². The number of carbonyl (C=O) groups excluding carboxylic acids is 2. The van der Waals surface area contributed by atoms with Gasteiger partial charge in [0.2, 0.25) is 5.91 Å². The molecule has 0 spiro atoms. The molecule has 0 bridgehead atoms. The second kappa shape index (κ2) is 10.6. The van der Waals surface area contributed by atoms with E-state index in [1.807, 2.05) is 29.6 Å². The smallest absolute Gasteiger partial charge is 0.290 e. The highest BCUT2D eigenvalue weighted by molar-refractivity contribution is 7.10. The predicted octanol–water partition coefficient (Wildman–Crippen LogP) is 5.52. The van der Waals surface area contributed by atoms with Crippen molar-refractivity contribution in [2.75, 3.05) is 6.54 Å². The van der Waals surface area contributed by atoms with E-state index in [0.29, 0.717) is 13.0 Å². The van der Waals surface area contributed by atoms with Crippen LogP contribution in [0, 0.1) is 6.92 Å². The van der Waals surface area contributed by atoms with Gasteiger partial charge in [-0.05, 0) is 60.9 Å². The quantitative estimate of drug-likeness (QED) is 0.491. The number of furan rings is 1. The number of nitrogens with zero attached hydrogens (tertiary/aromatic N) is 1. The van der Waals surface area contributed by atoms with Crippen LogP contribution in [0.15, 0.2) is 64.6 Å². The maximum atomic E-state index is 13.6. The van der Waals surface area contributed by atoms with E-state index in [9.17, 15) is 9.59 Å². The van der Waals surface area contributed by atoms with Gasteiger partial charge < -0.3 is 14.6 Å². The largest absolute Gasteiger partial charge is 0.459 e. The van der Waals surface area contributed by atoms with Crippen molar-refractivity contribution >= 4 is 23.2 Å². The average Bonchev–Trinajstić information content (AvgIpc) is 3.52. The molecule has 1 fully saturated rings. The lowest BCUT2D eigenvalue weighted by atomic mass is 9.95. The molecule has 1 N–H and O–H groups in total. The summed E-state index contributed by atoms with van der Waals surface area (Å²) in [6, 6.07) is 14.9. The molecule has 1 saturated carbocycles. The number of nitrogens with one attached hydrogen (secondary N) is 1. The summed E-state index contributed by atoms with van der Waals surface area (Å²) < 4.78 is 5.43. The third kappa shape index (κ3) is 5.30. The Morgan fingerprint density at radius 2 is 1.91 bits per heavy atom. The molecule has 3 aromatic rings. The SMILES string of the molecule is Cc1ccccc1CCN(C(=O)c1ccco1)C(C(=O)NC1CCCCC1)c1cccs1. The molecule has 2 amide bonds. The zero-order chi connectivity index (χ0) is 22.3. The Labute approximate surface area is 193 Å². The minimum Gasteiger partial charge on any atom is -0.459 e. The number of thiophene rings is 1. The first kappa shape index (κ1) is 22.3. The van der Waals surface area contributed by atoms with E-state index >= 15 is 0 Å². The lowest BCUT2D eigenvalue weighted by molar-refractivity contribution is -0.126. The van der Waals surface area contributed by atoms with Crippen LogP contribution >= 0.6 is 11.3 Å². The maximum Gasteiger partial charge on any atom is 0.290 e. The predicted molar refractivity (Wildman–Crippen MR) is 127 cm³/mol. The zero-order valence-corrected chi connectivity index (χ0v) is 19.3. The van der Waals surface area contributed by atoms with Crippen LogP contribution in [-0.2, 0) is 11.2 Å². The molecule has 1 atom stereocenters. The number of hydrogen-bond donors (Lipinski definition) is 1. The summed E-state index contributed by atoms with van der Waals surface area (Å²) in [7, 11) is 0. The highest BCUT2D eigenvalue weighted by atomic mass is 32.1. The van der Waals surface area contributed by atoms with Crippen molar-refractivity contribution < 1.29 is 14.0 Å². The van der Waals surface area contributed by atoms with Crippen LogP contribution in [0.3, 0.4) is 0 Å².